The lowest BCUT2D eigenvalue weighted by Gasteiger charge is -2.43. The SMILES string of the molecule is CNc1ccccc1N1C2=C(C(C)CC=C2)C2C3=C[C@@]32[C@H]1C. The third-order valence-corrected chi connectivity index (χ3v) is 6.19. The summed E-state index contributed by atoms with van der Waals surface area (Å²) in [5.74, 6) is 1.43. The molecule has 0 bridgehead atoms. The van der Waals surface area contributed by atoms with Gasteiger partial charge in [0.25, 0.3) is 0 Å². The van der Waals surface area contributed by atoms with Crippen LogP contribution in [-0.4, -0.2) is 13.1 Å². The quantitative estimate of drug-likeness (QED) is 0.815. The fourth-order valence-corrected chi connectivity index (χ4v) is 4.87. The third-order valence-electron chi connectivity index (χ3n) is 6.19. The Kier molecular flexibility index (Phi) is 2.21. The van der Waals surface area contributed by atoms with E-state index in [-0.39, 0.29) is 0 Å². The molecule has 2 nitrogen and oxygen atoms in total. The van der Waals surface area contributed by atoms with Crippen LogP contribution in [0.1, 0.15) is 20.3 Å². The molecule has 1 aromatic carbocycles. The van der Waals surface area contributed by atoms with E-state index in [1.165, 1.54) is 23.5 Å². The van der Waals surface area contributed by atoms with Crippen molar-refractivity contribution in [2.45, 2.75) is 26.3 Å². The van der Waals surface area contributed by atoms with Gasteiger partial charge in [-0.2, -0.15) is 0 Å². The number of rotatable bonds is 2. The van der Waals surface area contributed by atoms with E-state index in [2.05, 4.69) is 66.6 Å². The summed E-state index contributed by atoms with van der Waals surface area (Å²) >= 11 is 0. The van der Waals surface area contributed by atoms with Gasteiger partial charge in [-0.15, -0.1) is 0 Å². The first-order chi connectivity index (χ1) is 10.7. The van der Waals surface area contributed by atoms with Crippen LogP contribution >= 0.6 is 0 Å². The van der Waals surface area contributed by atoms with Gasteiger partial charge in [0.15, 0.2) is 0 Å². The van der Waals surface area contributed by atoms with Crippen molar-refractivity contribution in [2.24, 2.45) is 17.3 Å². The highest BCUT2D eigenvalue weighted by Gasteiger charge is 2.76. The number of allylic oxidation sites excluding steroid dienone is 3. The maximum Gasteiger partial charge on any atom is 0.0649 e. The van der Waals surface area contributed by atoms with Gasteiger partial charge in [0.05, 0.1) is 11.4 Å². The van der Waals surface area contributed by atoms with Crippen LogP contribution in [0.2, 0.25) is 0 Å². The lowest BCUT2D eigenvalue weighted by atomic mass is 9.78. The summed E-state index contributed by atoms with van der Waals surface area (Å²) in [6.45, 7) is 4.79. The van der Waals surface area contributed by atoms with E-state index in [1.54, 1.807) is 11.1 Å². The van der Waals surface area contributed by atoms with E-state index in [4.69, 9.17) is 0 Å². The van der Waals surface area contributed by atoms with Crippen molar-refractivity contribution in [1.29, 1.82) is 0 Å². The first kappa shape index (κ1) is 12.6. The Hall–Kier alpha value is -1.96. The van der Waals surface area contributed by atoms with Gasteiger partial charge in [-0.1, -0.05) is 36.8 Å². The molecule has 4 aliphatic rings. The molecule has 1 fully saturated rings. The minimum Gasteiger partial charge on any atom is -0.386 e. The minimum atomic E-state index is 0.402. The molecule has 1 saturated carbocycles. The summed E-state index contributed by atoms with van der Waals surface area (Å²) in [5.41, 5.74) is 7.77. The molecule has 2 unspecified atom stereocenters. The number of nitrogens with one attached hydrogen (secondary N) is 1. The molecule has 0 amide bonds. The van der Waals surface area contributed by atoms with Crippen molar-refractivity contribution in [3.63, 3.8) is 0 Å². The van der Waals surface area contributed by atoms with Crippen molar-refractivity contribution in [3.8, 4) is 0 Å². The molecule has 0 aromatic heterocycles. The lowest BCUT2D eigenvalue weighted by molar-refractivity contribution is 0.444. The van der Waals surface area contributed by atoms with Gasteiger partial charge >= 0.3 is 0 Å². The summed E-state index contributed by atoms with van der Waals surface area (Å²) < 4.78 is 0. The summed E-state index contributed by atoms with van der Waals surface area (Å²) in [7, 11) is 2.01. The van der Waals surface area contributed by atoms with Crippen LogP contribution in [0.4, 0.5) is 11.4 Å². The summed E-state index contributed by atoms with van der Waals surface area (Å²) in [6.07, 6.45) is 8.41. The zero-order chi connectivity index (χ0) is 15.1. The van der Waals surface area contributed by atoms with Crippen LogP contribution in [0.5, 0.6) is 0 Å². The van der Waals surface area contributed by atoms with Crippen LogP contribution in [0.25, 0.3) is 0 Å². The standard InChI is InChI=1S/C20H22N2/c1-12-7-6-10-17-18(12)19-14-11-20(14,19)13(2)22(17)16-9-5-4-8-15(16)21-3/h4-6,8-13,19,21H,7H2,1-3H3/t12?,13-,19?,20-/m1/s1. The maximum atomic E-state index is 3.37. The fraction of sp³-hybridized carbons (Fsp3) is 0.400. The fourth-order valence-electron chi connectivity index (χ4n) is 4.87. The second-order valence-corrected chi connectivity index (χ2v) is 7.16. The molecule has 22 heavy (non-hydrogen) atoms. The molecule has 0 saturated heterocycles. The number of fused-ring (bicyclic) bond motifs is 2. The molecule has 1 N–H and O–H groups in total. The monoisotopic (exact) mass is 290 g/mol. The molecule has 1 aliphatic heterocycles. The number of nitrogens with zero attached hydrogens (tertiary/aromatic N) is 1. The van der Waals surface area contributed by atoms with E-state index < -0.39 is 0 Å². The number of hydrogen-bond donors (Lipinski definition) is 1. The zero-order valence-corrected chi connectivity index (χ0v) is 13.4. The molecule has 2 heteroatoms. The number of hydrogen-bond acceptors (Lipinski definition) is 2. The highest BCUT2D eigenvalue weighted by molar-refractivity contribution is 5.81. The van der Waals surface area contributed by atoms with Gasteiger partial charge in [-0.25, -0.2) is 0 Å². The van der Waals surface area contributed by atoms with Crippen LogP contribution < -0.4 is 10.2 Å². The molecule has 1 spiro atoms. The van der Waals surface area contributed by atoms with E-state index in [1.807, 2.05) is 7.05 Å². The Bertz CT molecular complexity index is 770. The molecule has 0 radical (unpaired) electrons. The molecular formula is C20H22N2. The average Bonchev–Trinajstić information content (AvgIpc) is 3.40. The number of benzene rings is 1. The summed E-state index contributed by atoms with van der Waals surface area (Å²) in [4.78, 5) is 2.58. The van der Waals surface area contributed by atoms with Crippen molar-refractivity contribution >= 4 is 11.4 Å². The largest absolute Gasteiger partial charge is 0.386 e. The molecule has 1 heterocycles. The first-order valence-corrected chi connectivity index (χ1v) is 8.40. The summed E-state index contributed by atoms with van der Waals surface area (Å²) in [5, 5.41) is 3.37. The predicted molar refractivity (Wildman–Crippen MR) is 91.9 cm³/mol. The molecule has 3 aliphatic carbocycles. The Morgan fingerprint density at radius 3 is 2.82 bits per heavy atom. The van der Waals surface area contributed by atoms with E-state index in [0.717, 1.165) is 5.92 Å². The van der Waals surface area contributed by atoms with E-state index >= 15 is 0 Å². The Morgan fingerprint density at radius 2 is 2.05 bits per heavy atom. The maximum absolute atomic E-state index is 3.37. The smallest absolute Gasteiger partial charge is 0.0649 e. The van der Waals surface area contributed by atoms with Gasteiger partial charge in [0.2, 0.25) is 0 Å². The van der Waals surface area contributed by atoms with Crippen LogP contribution in [0.3, 0.4) is 0 Å². The Labute approximate surface area is 132 Å². The van der Waals surface area contributed by atoms with E-state index in [9.17, 15) is 0 Å². The van der Waals surface area contributed by atoms with Gasteiger partial charge in [-0.05, 0) is 43.0 Å². The Morgan fingerprint density at radius 1 is 1.23 bits per heavy atom. The van der Waals surface area contributed by atoms with Gasteiger partial charge in [0.1, 0.15) is 0 Å². The second-order valence-electron chi connectivity index (χ2n) is 7.16. The number of anilines is 2. The average molecular weight is 290 g/mol. The molecule has 4 atom stereocenters. The predicted octanol–water partition coefficient (Wildman–Crippen LogP) is 4.34. The van der Waals surface area contributed by atoms with Crippen LogP contribution in [0.15, 0.2) is 59.3 Å². The topological polar surface area (TPSA) is 15.3 Å². The zero-order valence-electron chi connectivity index (χ0n) is 13.4. The van der Waals surface area contributed by atoms with Crippen molar-refractivity contribution < 1.29 is 0 Å². The van der Waals surface area contributed by atoms with Gasteiger partial charge in [-0.3, -0.25) is 0 Å². The minimum absolute atomic E-state index is 0.402. The molecular weight excluding hydrogens is 268 g/mol. The second kappa shape index (κ2) is 3.87. The highest BCUT2D eigenvalue weighted by Crippen LogP contribution is 2.81. The number of para-hydroxylation sites is 2. The van der Waals surface area contributed by atoms with Crippen LogP contribution in [0, 0.1) is 17.3 Å². The lowest BCUT2D eigenvalue weighted by Crippen LogP contribution is -2.43. The Balaban J connectivity index is 1.71. The van der Waals surface area contributed by atoms with Crippen molar-refractivity contribution in [1.82, 2.24) is 0 Å². The van der Waals surface area contributed by atoms with Gasteiger partial charge in [0, 0.05) is 30.1 Å². The molecule has 1 aromatic rings. The first-order valence-electron chi connectivity index (χ1n) is 8.40. The van der Waals surface area contributed by atoms with E-state index in [0.29, 0.717) is 17.4 Å². The van der Waals surface area contributed by atoms with Gasteiger partial charge < -0.3 is 10.2 Å². The van der Waals surface area contributed by atoms with Crippen molar-refractivity contribution in [2.75, 3.05) is 17.3 Å². The molecule has 5 rings (SSSR count). The third kappa shape index (κ3) is 1.28. The highest BCUT2D eigenvalue weighted by atomic mass is 15.2. The van der Waals surface area contributed by atoms with Crippen molar-refractivity contribution in [3.05, 3.63) is 59.3 Å². The van der Waals surface area contributed by atoms with Crippen LogP contribution in [-0.2, 0) is 0 Å². The summed E-state index contributed by atoms with van der Waals surface area (Å²) in [6, 6.07) is 9.21. The molecule has 112 valence electrons. The normalized spacial score (nSPS) is 37.1.